The number of para-hydroxylation sites is 2. The molecule has 0 spiro atoms. The van der Waals surface area contributed by atoms with Crippen LogP contribution in [0.25, 0.3) is 221 Å². The van der Waals surface area contributed by atoms with E-state index in [0.717, 1.165) is 133 Å². The molecule has 0 bridgehead atoms. The Balaban J connectivity index is 0.642. The van der Waals surface area contributed by atoms with Crippen molar-refractivity contribution < 1.29 is 0 Å². The second-order valence-corrected chi connectivity index (χ2v) is 34.7. The standard InChI is InChI=1S/C114H76N8S/c1-113(2)96-48-24-20-42-83(96)91-65-95-85-44-22-26-50-101(85)122(104(95)68-98(91)113)102-57-54-78(64-93(102)82-55-52-75(69-30-10-5-11-31-69)62-89(82)71-34-14-7-15-35-71)110-116-107(72-36-16-8-17-37-72)115-109(118-110)77-41-28-40-74(58-77)76-53-56-97-90(63-76)92-66-94-84-43-21-25-49-100(84)121(103(94)67-99(92)114(97,3)4)81-60-79(70-32-12-6-13-33-70)59-80(61-81)111-117-108(73-38-18-9-19-39-73)119-112(120-111)88-47-29-46-87-86-45-23-27-51-105(86)123-106(87)88/h5-68H,1-4H3. The van der Waals surface area contributed by atoms with Crippen LogP contribution >= 0.6 is 11.3 Å². The SMILES string of the molecule is CC1(C)c2ccc(-c3cccc(-c4nc(-c5ccccc5)nc(-c5ccc(-n6c7ccccc7c7cc8c(cc76)C(C)(C)c6ccccc6-8)c(-c6ccc(-c7ccccc7)cc6-c6ccccc6)c5)n4)c3)cc2-c2cc3c4ccccc4n(-c4cc(-c5ccccc5)cc(-c5nc(-c6ccccc6)nc(-c6cccc7c6sc6ccccc67)n5)c4)c3cc21. The van der Waals surface area contributed by atoms with Gasteiger partial charge < -0.3 is 9.13 Å². The molecular weight excluding hydrogens is 1510 g/mol. The summed E-state index contributed by atoms with van der Waals surface area (Å²) in [6.07, 6.45) is 0. The van der Waals surface area contributed by atoms with Crippen molar-refractivity contribution in [1.82, 2.24) is 39.0 Å². The van der Waals surface area contributed by atoms with Crippen LogP contribution in [0.15, 0.2) is 388 Å². The Kier molecular flexibility index (Phi) is 16.4. The second kappa shape index (κ2) is 28.1. The van der Waals surface area contributed by atoms with Gasteiger partial charge in [0, 0.05) is 97.2 Å². The number of hydrogen-bond acceptors (Lipinski definition) is 7. The van der Waals surface area contributed by atoms with Gasteiger partial charge in [-0.3, -0.25) is 0 Å². The van der Waals surface area contributed by atoms with Crippen LogP contribution in [-0.4, -0.2) is 39.0 Å². The molecule has 0 radical (unpaired) electrons. The van der Waals surface area contributed by atoms with E-state index in [-0.39, 0.29) is 10.8 Å². The predicted octanol–water partition coefficient (Wildman–Crippen LogP) is 29.6. The summed E-state index contributed by atoms with van der Waals surface area (Å²) in [7, 11) is 0. The van der Waals surface area contributed by atoms with Gasteiger partial charge in [0.25, 0.3) is 0 Å². The molecule has 0 atom stereocenters. The highest BCUT2D eigenvalue weighted by Gasteiger charge is 2.39. The topological polar surface area (TPSA) is 87.2 Å². The van der Waals surface area contributed by atoms with Gasteiger partial charge in [-0.15, -0.1) is 11.3 Å². The van der Waals surface area contributed by atoms with Crippen LogP contribution in [0, 0.1) is 0 Å². The summed E-state index contributed by atoms with van der Waals surface area (Å²) in [5.41, 5.74) is 32.6. The molecule has 0 fully saturated rings. The van der Waals surface area contributed by atoms with Crippen molar-refractivity contribution in [3.63, 3.8) is 0 Å². The van der Waals surface area contributed by atoms with Gasteiger partial charge in [-0.05, 0) is 198 Å². The van der Waals surface area contributed by atoms with E-state index in [0.29, 0.717) is 34.9 Å². The van der Waals surface area contributed by atoms with Crippen molar-refractivity contribution >= 4 is 75.1 Å². The van der Waals surface area contributed by atoms with E-state index in [1.165, 1.54) is 76.1 Å². The van der Waals surface area contributed by atoms with Crippen LogP contribution in [0.5, 0.6) is 0 Å². The van der Waals surface area contributed by atoms with Gasteiger partial charge in [0.05, 0.1) is 27.8 Å². The van der Waals surface area contributed by atoms with E-state index >= 15 is 0 Å². The van der Waals surface area contributed by atoms with Crippen molar-refractivity contribution in [3.8, 4) is 158 Å². The first-order valence-electron chi connectivity index (χ1n) is 42.1. The Morgan fingerprint density at radius 3 is 1.27 bits per heavy atom. The molecule has 578 valence electrons. The van der Waals surface area contributed by atoms with Crippen LogP contribution in [0.3, 0.4) is 0 Å². The monoisotopic (exact) mass is 1590 g/mol. The first-order chi connectivity index (χ1) is 60.4. The fourth-order valence-corrected chi connectivity index (χ4v) is 21.0. The summed E-state index contributed by atoms with van der Waals surface area (Å²) in [6, 6.07) is 141. The third-order valence-electron chi connectivity index (χ3n) is 25.8. The fourth-order valence-electron chi connectivity index (χ4n) is 19.7. The fraction of sp³-hybridized carbons (Fsp3) is 0.0526. The molecule has 9 heteroatoms. The van der Waals surface area contributed by atoms with Crippen molar-refractivity contribution in [2.45, 2.75) is 38.5 Å². The summed E-state index contributed by atoms with van der Waals surface area (Å²) in [5, 5.41) is 7.16. The van der Waals surface area contributed by atoms with Crippen molar-refractivity contribution in [2.75, 3.05) is 0 Å². The third kappa shape index (κ3) is 11.7. The molecule has 17 aromatic carbocycles. The predicted molar refractivity (Wildman–Crippen MR) is 510 cm³/mol. The summed E-state index contributed by atoms with van der Waals surface area (Å²) in [4.78, 5) is 32.7. The largest absolute Gasteiger partial charge is 0.309 e. The number of hydrogen-bond donors (Lipinski definition) is 0. The van der Waals surface area contributed by atoms with Gasteiger partial charge in [-0.1, -0.05) is 313 Å². The molecule has 0 unspecified atom stereocenters. The highest BCUT2D eigenvalue weighted by molar-refractivity contribution is 7.26. The van der Waals surface area contributed by atoms with Crippen molar-refractivity contribution in [2.24, 2.45) is 0 Å². The third-order valence-corrected chi connectivity index (χ3v) is 27.0. The minimum atomic E-state index is -0.361. The normalized spacial score (nSPS) is 13.0. The smallest absolute Gasteiger partial charge is 0.165 e. The van der Waals surface area contributed by atoms with Gasteiger partial charge in [0.1, 0.15) is 0 Å². The highest BCUT2D eigenvalue weighted by Crippen LogP contribution is 2.55. The van der Waals surface area contributed by atoms with Crippen molar-refractivity contribution in [1.29, 1.82) is 0 Å². The Morgan fingerprint density at radius 1 is 0.203 bits per heavy atom. The summed E-state index contributed by atoms with van der Waals surface area (Å²) in [6.45, 7) is 9.50. The molecule has 123 heavy (non-hydrogen) atoms. The molecule has 0 amide bonds. The number of benzene rings is 17. The summed E-state index contributed by atoms with van der Waals surface area (Å²) >= 11 is 1.78. The molecular formula is C114H76N8S. The molecule has 5 heterocycles. The quantitative estimate of drug-likeness (QED) is 0.114. The van der Waals surface area contributed by atoms with Gasteiger partial charge in [-0.25, -0.2) is 29.9 Å². The van der Waals surface area contributed by atoms with E-state index in [2.05, 4.69) is 401 Å². The first-order valence-corrected chi connectivity index (χ1v) is 42.9. The van der Waals surface area contributed by atoms with E-state index in [1.807, 2.05) is 24.3 Å². The van der Waals surface area contributed by atoms with Gasteiger partial charge in [-0.2, -0.15) is 0 Å². The van der Waals surface area contributed by atoms with Crippen molar-refractivity contribution in [3.05, 3.63) is 411 Å². The minimum absolute atomic E-state index is 0.219. The van der Waals surface area contributed by atoms with E-state index in [9.17, 15) is 0 Å². The average Bonchev–Trinajstić information content (AvgIpc) is 1.55. The molecule has 8 nitrogen and oxygen atoms in total. The van der Waals surface area contributed by atoms with Crippen LogP contribution in [0.1, 0.15) is 49.9 Å². The zero-order valence-electron chi connectivity index (χ0n) is 67.9. The van der Waals surface area contributed by atoms with Crippen LogP contribution in [-0.2, 0) is 10.8 Å². The Hall–Kier alpha value is -15.4. The van der Waals surface area contributed by atoms with E-state index < -0.39 is 0 Å². The molecule has 0 saturated heterocycles. The second-order valence-electron chi connectivity index (χ2n) is 33.7. The molecule has 24 rings (SSSR count). The molecule has 5 aromatic heterocycles. The number of thiophene rings is 1. The first kappa shape index (κ1) is 71.7. The molecule has 0 aliphatic heterocycles. The van der Waals surface area contributed by atoms with Crippen LogP contribution in [0.4, 0.5) is 0 Å². The zero-order valence-corrected chi connectivity index (χ0v) is 68.8. The molecule has 2 aliphatic carbocycles. The van der Waals surface area contributed by atoms with Gasteiger partial charge in [0.2, 0.25) is 0 Å². The maximum Gasteiger partial charge on any atom is 0.165 e. The lowest BCUT2D eigenvalue weighted by molar-refractivity contribution is 0.661. The van der Waals surface area contributed by atoms with E-state index in [4.69, 9.17) is 29.9 Å². The Labute approximate surface area is 715 Å². The number of aromatic nitrogens is 8. The van der Waals surface area contributed by atoms with Crippen LogP contribution in [0.2, 0.25) is 0 Å². The number of fused-ring (bicyclic) bond motifs is 15. The lowest BCUT2D eigenvalue weighted by Crippen LogP contribution is -2.15. The Morgan fingerprint density at radius 2 is 0.610 bits per heavy atom. The maximum atomic E-state index is 5.60. The van der Waals surface area contributed by atoms with Gasteiger partial charge in [0.15, 0.2) is 34.9 Å². The van der Waals surface area contributed by atoms with Gasteiger partial charge >= 0.3 is 0 Å². The van der Waals surface area contributed by atoms with E-state index in [1.54, 1.807) is 11.3 Å². The number of rotatable bonds is 13. The Bertz CT molecular complexity index is 8100. The summed E-state index contributed by atoms with van der Waals surface area (Å²) < 4.78 is 7.34. The molecule has 0 saturated carbocycles. The number of nitrogens with zero attached hydrogens (tertiary/aromatic N) is 8. The average molecular weight is 1590 g/mol. The highest BCUT2D eigenvalue weighted by atomic mass is 32.1. The lowest BCUT2D eigenvalue weighted by Gasteiger charge is -2.22. The lowest BCUT2D eigenvalue weighted by atomic mass is 9.82. The zero-order chi connectivity index (χ0) is 81.8. The summed E-state index contributed by atoms with van der Waals surface area (Å²) in [5.74, 6) is 3.57. The molecule has 22 aromatic rings. The molecule has 2 aliphatic rings. The van der Waals surface area contributed by atoms with Crippen LogP contribution < -0.4 is 0 Å². The maximum absolute atomic E-state index is 5.60. The minimum Gasteiger partial charge on any atom is -0.309 e. The molecule has 0 N–H and O–H groups in total.